The molecular weight excluding hydrogens is 399 g/mol. The van der Waals surface area contributed by atoms with E-state index in [4.69, 9.17) is 4.74 Å². The van der Waals surface area contributed by atoms with Crippen LogP contribution >= 0.6 is 31.9 Å². The van der Waals surface area contributed by atoms with E-state index in [1.54, 1.807) is 0 Å². The highest BCUT2D eigenvalue weighted by Gasteiger charge is 2.09. The van der Waals surface area contributed by atoms with Gasteiger partial charge >= 0.3 is 0 Å². The summed E-state index contributed by atoms with van der Waals surface area (Å²) >= 11 is 6.95. The first-order valence-electron chi connectivity index (χ1n) is 6.86. The van der Waals surface area contributed by atoms with E-state index in [0.29, 0.717) is 12.5 Å². The van der Waals surface area contributed by atoms with E-state index < -0.39 is 0 Å². The fraction of sp³-hybridized carbons (Fsp3) is 0.294. The summed E-state index contributed by atoms with van der Waals surface area (Å²) in [5.74, 6) is 1.17. The molecule has 0 N–H and O–H groups in total. The molecule has 0 amide bonds. The van der Waals surface area contributed by atoms with E-state index in [1.165, 1.54) is 12.1 Å². The molecule has 0 saturated heterocycles. The van der Waals surface area contributed by atoms with Gasteiger partial charge in [-0.1, -0.05) is 44.0 Å². The van der Waals surface area contributed by atoms with Gasteiger partial charge in [-0.25, -0.2) is 4.39 Å². The van der Waals surface area contributed by atoms with Crippen LogP contribution in [-0.2, 0) is 6.42 Å². The third kappa shape index (κ3) is 5.79. The van der Waals surface area contributed by atoms with Gasteiger partial charge in [0, 0.05) is 9.80 Å². The maximum absolute atomic E-state index is 12.9. The summed E-state index contributed by atoms with van der Waals surface area (Å²) in [5.41, 5.74) is 1.16. The highest BCUT2D eigenvalue weighted by Crippen LogP contribution is 2.19. The van der Waals surface area contributed by atoms with Crippen LogP contribution in [0.15, 0.2) is 53.0 Å². The first kappa shape index (κ1) is 16.5. The van der Waals surface area contributed by atoms with Gasteiger partial charge in [0.1, 0.15) is 11.6 Å². The second kappa shape index (κ2) is 8.54. The summed E-state index contributed by atoms with van der Waals surface area (Å²) in [7, 11) is 0. The molecule has 2 aromatic carbocycles. The lowest BCUT2D eigenvalue weighted by atomic mass is 9.98. The summed E-state index contributed by atoms with van der Waals surface area (Å²) < 4.78 is 19.7. The van der Waals surface area contributed by atoms with E-state index in [9.17, 15) is 4.39 Å². The number of hydrogen-bond acceptors (Lipinski definition) is 1. The molecule has 2 rings (SSSR count). The van der Waals surface area contributed by atoms with E-state index in [-0.39, 0.29) is 5.82 Å². The summed E-state index contributed by atoms with van der Waals surface area (Å²) in [6, 6.07) is 14.6. The molecule has 1 unspecified atom stereocenters. The predicted octanol–water partition coefficient (Wildman–Crippen LogP) is 5.61. The van der Waals surface area contributed by atoms with Crippen LogP contribution in [0.2, 0.25) is 0 Å². The topological polar surface area (TPSA) is 9.23 Å². The zero-order valence-electron chi connectivity index (χ0n) is 11.6. The monoisotopic (exact) mass is 414 g/mol. The van der Waals surface area contributed by atoms with Crippen LogP contribution in [0.5, 0.6) is 5.75 Å². The fourth-order valence-corrected chi connectivity index (χ4v) is 2.88. The van der Waals surface area contributed by atoms with Crippen LogP contribution < -0.4 is 4.74 Å². The third-order valence-electron chi connectivity index (χ3n) is 3.26. The van der Waals surface area contributed by atoms with Gasteiger partial charge in [0.05, 0.1) is 6.61 Å². The van der Waals surface area contributed by atoms with Crippen LogP contribution in [0.25, 0.3) is 0 Å². The number of halogens is 3. The quantitative estimate of drug-likeness (QED) is 0.534. The van der Waals surface area contributed by atoms with Crippen molar-refractivity contribution in [3.05, 3.63) is 64.4 Å². The Labute approximate surface area is 141 Å². The largest absolute Gasteiger partial charge is 0.494 e. The van der Waals surface area contributed by atoms with Crippen LogP contribution in [0.4, 0.5) is 4.39 Å². The van der Waals surface area contributed by atoms with Gasteiger partial charge in [0.2, 0.25) is 0 Å². The van der Waals surface area contributed by atoms with Gasteiger partial charge in [-0.3, -0.25) is 0 Å². The highest BCUT2D eigenvalue weighted by molar-refractivity contribution is 9.10. The highest BCUT2D eigenvalue weighted by atomic mass is 79.9. The van der Waals surface area contributed by atoms with Gasteiger partial charge in [-0.05, 0) is 60.7 Å². The molecule has 1 atom stereocenters. The summed E-state index contributed by atoms with van der Waals surface area (Å²) in [6.07, 6.45) is 1.88. The summed E-state index contributed by atoms with van der Waals surface area (Å²) in [5, 5.41) is 0.911. The van der Waals surface area contributed by atoms with Crippen molar-refractivity contribution in [3.63, 3.8) is 0 Å². The van der Waals surface area contributed by atoms with Crippen LogP contribution in [0.1, 0.15) is 12.0 Å². The fourth-order valence-electron chi connectivity index (χ4n) is 2.06. The zero-order chi connectivity index (χ0) is 15.1. The Kier molecular flexibility index (Phi) is 6.71. The summed E-state index contributed by atoms with van der Waals surface area (Å²) in [4.78, 5) is 0. The van der Waals surface area contributed by atoms with Crippen molar-refractivity contribution in [2.75, 3.05) is 11.9 Å². The third-order valence-corrected chi connectivity index (χ3v) is 4.71. The van der Waals surface area contributed by atoms with Crippen molar-refractivity contribution in [1.82, 2.24) is 0 Å². The number of hydrogen-bond donors (Lipinski definition) is 0. The molecule has 0 fully saturated rings. The van der Waals surface area contributed by atoms with Gasteiger partial charge in [-0.15, -0.1) is 0 Å². The minimum absolute atomic E-state index is 0.187. The number of benzene rings is 2. The Morgan fingerprint density at radius 3 is 2.29 bits per heavy atom. The SMILES string of the molecule is Fc1ccc(CC(CBr)CCOc2ccc(Br)cc2)cc1. The van der Waals surface area contributed by atoms with Gasteiger partial charge < -0.3 is 4.74 Å². The minimum atomic E-state index is -0.187. The van der Waals surface area contributed by atoms with Crippen molar-refractivity contribution in [2.24, 2.45) is 5.92 Å². The maximum Gasteiger partial charge on any atom is 0.123 e. The average Bonchev–Trinajstić information content (AvgIpc) is 2.50. The Balaban J connectivity index is 1.79. The van der Waals surface area contributed by atoms with Gasteiger partial charge in [0.15, 0.2) is 0 Å². The molecule has 0 spiro atoms. The molecular formula is C17H17Br2FO. The lowest BCUT2D eigenvalue weighted by Gasteiger charge is -2.15. The lowest BCUT2D eigenvalue weighted by Crippen LogP contribution is -2.11. The molecule has 0 heterocycles. The molecule has 0 aromatic heterocycles. The molecule has 0 aliphatic rings. The van der Waals surface area contributed by atoms with Crippen molar-refractivity contribution >= 4 is 31.9 Å². The van der Waals surface area contributed by atoms with Crippen LogP contribution in [-0.4, -0.2) is 11.9 Å². The second-order valence-corrected chi connectivity index (χ2v) is 6.51. The molecule has 4 heteroatoms. The maximum atomic E-state index is 12.9. The molecule has 1 nitrogen and oxygen atoms in total. The minimum Gasteiger partial charge on any atom is -0.494 e. The smallest absolute Gasteiger partial charge is 0.123 e. The van der Waals surface area contributed by atoms with Crippen molar-refractivity contribution in [3.8, 4) is 5.75 Å². The molecule has 0 saturated carbocycles. The van der Waals surface area contributed by atoms with Gasteiger partial charge in [-0.2, -0.15) is 0 Å². The molecule has 0 aliphatic heterocycles. The first-order chi connectivity index (χ1) is 10.2. The Morgan fingerprint density at radius 1 is 1.00 bits per heavy atom. The number of rotatable bonds is 7. The Hall–Kier alpha value is -0.870. The first-order valence-corrected chi connectivity index (χ1v) is 8.77. The molecule has 0 aliphatic carbocycles. The molecule has 21 heavy (non-hydrogen) atoms. The van der Waals surface area contributed by atoms with Crippen LogP contribution in [0, 0.1) is 11.7 Å². The van der Waals surface area contributed by atoms with Crippen molar-refractivity contribution in [2.45, 2.75) is 12.8 Å². The Bertz CT molecular complexity index is 540. The average molecular weight is 416 g/mol. The molecule has 2 aromatic rings. The predicted molar refractivity (Wildman–Crippen MR) is 91.6 cm³/mol. The molecule has 0 radical (unpaired) electrons. The lowest BCUT2D eigenvalue weighted by molar-refractivity contribution is 0.285. The number of ether oxygens (including phenoxy) is 1. The zero-order valence-corrected chi connectivity index (χ0v) is 14.7. The molecule has 0 bridgehead atoms. The van der Waals surface area contributed by atoms with E-state index in [0.717, 1.165) is 34.0 Å². The summed E-state index contributed by atoms with van der Waals surface area (Å²) in [6.45, 7) is 0.680. The number of alkyl halides is 1. The van der Waals surface area contributed by atoms with E-state index in [1.807, 2.05) is 36.4 Å². The van der Waals surface area contributed by atoms with Gasteiger partial charge in [0.25, 0.3) is 0 Å². The van der Waals surface area contributed by atoms with Crippen molar-refractivity contribution in [1.29, 1.82) is 0 Å². The van der Waals surface area contributed by atoms with E-state index in [2.05, 4.69) is 31.9 Å². The Morgan fingerprint density at radius 2 is 1.67 bits per heavy atom. The van der Waals surface area contributed by atoms with Crippen LogP contribution in [0.3, 0.4) is 0 Å². The standard InChI is InChI=1S/C17H17Br2FO/c18-12-14(11-13-1-5-16(20)6-2-13)9-10-21-17-7-3-15(19)4-8-17/h1-8,14H,9-12H2. The second-order valence-electron chi connectivity index (χ2n) is 4.94. The molecule has 112 valence electrons. The van der Waals surface area contributed by atoms with E-state index >= 15 is 0 Å². The normalized spacial score (nSPS) is 12.1. The van der Waals surface area contributed by atoms with Crippen molar-refractivity contribution < 1.29 is 9.13 Å².